The van der Waals surface area contributed by atoms with Crippen molar-refractivity contribution in [3.63, 3.8) is 0 Å². The van der Waals surface area contributed by atoms with Gasteiger partial charge in [0.2, 0.25) is 11.8 Å². The Morgan fingerprint density at radius 2 is 1.90 bits per heavy atom. The van der Waals surface area contributed by atoms with Crippen LogP contribution in [-0.2, 0) is 14.4 Å². The first-order valence-corrected chi connectivity index (χ1v) is 7.17. The first kappa shape index (κ1) is 15.7. The molecule has 8 nitrogen and oxygen atoms in total. The number of carbonyl (C=O) groups is 3. The maximum Gasteiger partial charge on any atom is 0.305 e. The molecule has 1 unspecified atom stereocenters. The van der Waals surface area contributed by atoms with Gasteiger partial charge in [-0.2, -0.15) is 0 Å². The van der Waals surface area contributed by atoms with E-state index in [9.17, 15) is 14.4 Å². The molecule has 8 heteroatoms. The Labute approximate surface area is 123 Å². The third-order valence-corrected chi connectivity index (χ3v) is 4.00. The molecule has 2 fully saturated rings. The molecule has 1 atom stereocenters. The van der Waals surface area contributed by atoms with E-state index < -0.39 is 12.0 Å². The van der Waals surface area contributed by atoms with Crippen molar-refractivity contribution in [2.75, 3.05) is 52.9 Å². The number of amides is 2. The van der Waals surface area contributed by atoms with Gasteiger partial charge in [0.25, 0.3) is 0 Å². The first-order chi connectivity index (χ1) is 9.97. The molecule has 21 heavy (non-hydrogen) atoms. The quantitative estimate of drug-likeness (QED) is 0.626. The predicted octanol–water partition coefficient (Wildman–Crippen LogP) is -1.96. The van der Waals surface area contributed by atoms with Crippen LogP contribution in [-0.4, -0.2) is 96.5 Å². The summed E-state index contributed by atoms with van der Waals surface area (Å²) in [6.45, 7) is 4.09. The van der Waals surface area contributed by atoms with Crippen molar-refractivity contribution in [2.24, 2.45) is 0 Å². The SMILES string of the molecule is CN1CCN(C(=O)CN2CCNC(=O)C2CC(=O)O)CC1. The van der Waals surface area contributed by atoms with Gasteiger partial charge in [-0.05, 0) is 7.05 Å². The molecule has 0 aliphatic carbocycles. The van der Waals surface area contributed by atoms with Crippen molar-refractivity contribution in [1.29, 1.82) is 0 Å². The molecule has 2 aliphatic rings. The fraction of sp³-hybridized carbons (Fsp3) is 0.769. The summed E-state index contributed by atoms with van der Waals surface area (Å²) >= 11 is 0. The second-order valence-corrected chi connectivity index (χ2v) is 5.56. The molecule has 2 saturated heterocycles. The first-order valence-electron chi connectivity index (χ1n) is 7.17. The molecule has 2 heterocycles. The Hall–Kier alpha value is -1.67. The molecule has 118 valence electrons. The molecule has 2 rings (SSSR count). The summed E-state index contributed by atoms with van der Waals surface area (Å²) in [4.78, 5) is 40.6. The van der Waals surface area contributed by atoms with Crippen LogP contribution in [0.2, 0.25) is 0 Å². The summed E-state index contributed by atoms with van der Waals surface area (Å²) in [5.74, 6) is -1.38. The molecule has 0 radical (unpaired) electrons. The minimum atomic E-state index is -1.03. The third kappa shape index (κ3) is 4.15. The number of piperazine rings is 2. The highest BCUT2D eigenvalue weighted by atomic mass is 16.4. The van der Waals surface area contributed by atoms with E-state index in [0.717, 1.165) is 13.1 Å². The van der Waals surface area contributed by atoms with Gasteiger partial charge < -0.3 is 20.2 Å². The molecule has 0 spiro atoms. The third-order valence-electron chi connectivity index (χ3n) is 4.00. The number of nitrogens with one attached hydrogen (secondary N) is 1. The molecule has 0 bridgehead atoms. The lowest BCUT2D eigenvalue weighted by atomic mass is 10.1. The smallest absolute Gasteiger partial charge is 0.305 e. The van der Waals surface area contributed by atoms with Crippen LogP contribution in [0.3, 0.4) is 0 Å². The number of aliphatic carboxylic acids is 1. The number of rotatable bonds is 4. The van der Waals surface area contributed by atoms with Gasteiger partial charge in [-0.1, -0.05) is 0 Å². The van der Waals surface area contributed by atoms with E-state index >= 15 is 0 Å². The van der Waals surface area contributed by atoms with Gasteiger partial charge in [-0.25, -0.2) is 0 Å². The van der Waals surface area contributed by atoms with Gasteiger partial charge in [0.05, 0.1) is 13.0 Å². The van der Waals surface area contributed by atoms with Gasteiger partial charge in [-0.15, -0.1) is 0 Å². The van der Waals surface area contributed by atoms with E-state index in [-0.39, 0.29) is 24.8 Å². The second kappa shape index (κ2) is 6.86. The van der Waals surface area contributed by atoms with Crippen LogP contribution in [0, 0.1) is 0 Å². The summed E-state index contributed by atoms with van der Waals surface area (Å²) in [5, 5.41) is 11.6. The maximum atomic E-state index is 12.3. The van der Waals surface area contributed by atoms with Crippen molar-refractivity contribution >= 4 is 17.8 Å². The molecule has 0 aromatic carbocycles. The van der Waals surface area contributed by atoms with Crippen LogP contribution >= 0.6 is 0 Å². The van der Waals surface area contributed by atoms with Gasteiger partial charge in [0.1, 0.15) is 6.04 Å². The summed E-state index contributed by atoms with van der Waals surface area (Å²) in [7, 11) is 2.01. The topological polar surface area (TPSA) is 93.2 Å². The molecule has 2 N–H and O–H groups in total. The minimum absolute atomic E-state index is 0.0341. The number of hydrogen-bond donors (Lipinski definition) is 2. The predicted molar refractivity (Wildman–Crippen MR) is 74.7 cm³/mol. The van der Waals surface area contributed by atoms with E-state index in [2.05, 4.69) is 10.2 Å². The van der Waals surface area contributed by atoms with Crippen molar-refractivity contribution < 1.29 is 19.5 Å². The maximum absolute atomic E-state index is 12.3. The monoisotopic (exact) mass is 298 g/mol. The number of hydrogen-bond acceptors (Lipinski definition) is 5. The molecule has 2 aliphatic heterocycles. The zero-order valence-corrected chi connectivity index (χ0v) is 12.2. The van der Waals surface area contributed by atoms with Gasteiger partial charge in [0, 0.05) is 39.3 Å². The van der Waals surface area contributed by atoms with Crippen LogP contribution in [0.15, 0.2) is 0 Å². The summed E-state index contributed by atoms with van der Waals surface area (Å²) < 4.78 is 0. The molecule has 0 aromatic rings. The van der Waals surface area contributed by atoms with Crippen LogP contribution in [0.1, 0.15) is 6.42 Å². The van der Waals surface area contributed by atoms with Crippen LogP contribution in [0.25, 0.3) is 0 Å². The molecular weight excluding hydrogens is 276 g/mol. The van der Waals surface area contributed by atoms with E-state index in [1.807, 2.05) is 7.05 Å². The normalized spacial score (nSPS) is 24.7. The molecule has 2 amide bonds. The van der Waals surface area contributed by atoms with E-state index in [1.54, 1.807) is 9.80 Å². The highest BCUT2D eigenvalue weighted by Crippen LogP contribution is 2.10. The van der Waals surface area contributed by atoms with Crippen molar-refractivity contribution in [2.45, 2.75) is 12.5 Å². The largest absolute Gasteiger partial charge is 0.481 e. The Morgan fingerprint density at radius 3 is 2.52 bits per heavy atom. The number of carboxylic acids is 1. The lowest BCUT2D eigenvalue weighted by molar-refractivity contribution is -0.145. The zero-order valence-electron chi connectivity index (χ0n) is 12.2. The Bertz CT molecular complexity index is 420. The van der Waals surface area contributed by atoms with Crippen LogP contribution in [0.5, 0.6) is 0 Å². The summed E-state index contributed by atoms with van der Waals surface area (Å²) in [6, 6.07) is -0.757. The van der Waals surface area contributed by atoms with Crippen LogP contribution < -0.4 is 5.32 Å². The van der Waals surface area contributed by atoms with E-state index in [1.165, 1.54) is 0 Å². The number of carboxylic acid groups (broad SMARTS) is 1. The second-order valence-electron chi connectivity index (χ2n) is 5.56. The van der Waals surface area contributed by atoms with E-state index in [4.69, 9.17) is 5.11 Å². The van der Waals surface area contributed by atoms with Crippen molar-refractivity contribution in [1.82, 2.24) is 20.0 Å². The Morgan fingerprint density at radius 1 is 1.24 bits per heavy atom. The Kier molecular flexibility index (Phi) is 5.13. The summed E-state index contributed by atoms with van der Waals surface area (Å²) in [5.41, 5.74) is 0. The molecular formula is C13H22N4O4. The Balaban J connectivity index is 1.93. The van der Waals surface area contributed by atoms with Crippen molar-refractivity contribution in [3.8, 4) is 0 Å². The lowest BCUT2D eigenvalue weighted by Gasteiger charge is -2.37. The van der Waals surface area contributed by atoms with Crippen LogP contribution in [0.4, 0.5) is 0 Å². The molecule has 0 aromatic heterocycles. The fourth-order valence-electron chi connectivity index (χ4n) is 2.67. The lowest BCUT2D eigenvalue weighted by Crippen LogP contribution is -2.59. The number of likely N-dealkylation sites (N-methyl/N-ethyl adjacent to an activating group) is 1. The zero-order chi connectivity index (χ0) is 15.4. The fourth-order valence-corrected chi connectivity index (χ4v) is 2.67. The number of carbonyl (C=O) groups excluding carboxylic acids is 2. The van der Waals surface area contributed by atoms with E-state index in [0.29, 0.717) is 26.2 Å². The van der Waals surface area contributed by atoms with Gasteiger partial charge >= 0.3 is 5.97 Å². The number of nitrogens with zero attached hydrogens (tertiary/aromatic N) is 3. The van der Waals surface area contributed by atoms with Gasteiger partial charge in [-0.3, -0.25) is 19.3 Å². The molecule has 0 saturated carbocycles. The van der Waals surface area contributed by atoms with Gasteiger partial charge in [0.15, 0.2) is 0 Å². The van der Waals surface area contributed by atoms with Crippen molar-refractivity contribution in [3.05, 3.63) is 0 Å². The standard InChI is InChI=1S/C13H22N4O4/c1-15-4-6-16(7-5-15)11(18)9-17-3-2-14-13(21)10(17)8-12(19)20/h10H,2-9H2,1H3,(H,14,21)(H,19,20). The highest BCUT2D eigenvalue weighted by molar-refractivity contribution is 5.88. The minimum Gasteiger partial charge on any atom is -0.481 e. The average Bonchev–Trinajstić information content (AvgIpc) is 2.43. The summed E-state index contributed by atoms with van der Waals surface area (Å²) in [6.07, 6.45) is -0.276. The average molecular weight is 298 g/mol. The highest BCUT2D eigenvalue weighted by Gasteiger charge is 2.33.